The fourth-order valence-electron chi connectivity index (χ4n) is 2.60. The Morgan fingerprint density at radius 1 is 1.06 bits per heavy atom. The van der Waals surface area contributed by atoms with Crippen LogP contribution in [-0.2, 0) is 0 Å². The van der Waals surface area contributed by atoms with Crippen molar-refractivity contribution in [3.05, 3.63) is 0 Å². The molecule has 0 aromatic heterocycles. The highest BCUT2D eigenvalue weighted by Crippen LogP contribution is 2.21. The van der Waals surface area contributed by atoms with Gasteiger partial charge in [-0.05, 0) is 71.0 Å². The van der Waals surface area contributed by atoms with Crippen LogP contribution < -0.4 is 5.32 Å². The predicted octanol–water partition coefficient (Wildman–Crippen LogP) is 2.74. The lowest BCUT2D eigenvalue weighted by Crippen LogP contribution is -2.35. The number of likely N-dealkylation sites (tertiary alicyclic amines) is 1. The van der Waals surface area contributed by atoms with Crippen LogP contribution in [0.1, 0.15) is 44.9 Å². The number of nitrogens with one attached hydrogen (secondary N) is 1. The molecule has 0 atom stereocenters. The lowest BCUT2D eigenvalue weighted by molar-refractivity contribution is 0.228. The summed E-state index contributed by atoms with van der Waals surface area (Å²) in [5.41, 5.74) is 0. The highest BCUT2D eigenvalue weighted by molar-refractivity contribution is 7.99. The van der Waals surface area contributed by atoms with Crippen molar-refractivity contribution < 1.29 is 0 Å². The third-order valence-corrected chi connectivity index (χ3v) is 5.17. The standard InChI is InChI=1S/C14H28N2S/c1-17-14-7-11-16(12-8-14)10-4-2-3-9-15-13-5-6-13/h13-15H,2-12H2,1H3. The van der Waals surface area contributed by atoms with E-state index in [0.717, 1.165) is 11.3 Å². The lowest BCUT2D eigenvalue weighted by Gasteiger charge is -2.31. The molecule has 2 rings (SSSR count). The van der Waals surface area contributed by atoms with Gasteiger partial charge in [-0.25, -0.2) is 0 Å². The first-order chi connectivity index (χ1) is 8.38. The zero-order chi connectivity index (χ0) is 11.9. The first-order valence-corrected chi connectivity index (χ1v) is 8.66. The molecule has 3 heteroatoms. The van der Waals surface area contributed by atoms with E-state index in [2.05, 4.69) is 28.2 Å². The number of hydrogen-bond donors (Lipinski definition) is 1. The molecule has 0 spiro atoms. The van der Waals surface area contributed by atoms with E-state index in [-0.39, 0.29) is 0 Å². The van der Waals surface area contributed by atoms with E-state index >= 15 is 0 Å². The van der Waals surface area contributed by atoms with Crippen molar-refractivity contribution in [2.24, 2.45) is 0 Å². The molecule has 100 valence electrons. The third-order valence-electron chi connectivity index (χ3n) is 4.03. The van der Waals surface area contributed by atoms with E-state index < -0.39 is 0 Å². The second kappa shape index (κ2) is 7.65. The summed E-state index contributed by atoms with van der Waals surface area (Å²) in [7, 11) is 0. The van der Waals surface area contributed by atoms with E-state index in [1.165, 1.54) is 71.1 Å². The van der Waals surface area contributed by atoms with Crippen LogP contribution >= 0.6 is 11.8 Å². The molecule has 1 saturated carbocycles. The van der Waals surface area contributed by atoms with E-state index in [9.17, 15) is 0 Å². The Morgan fingerprint density at radius 3 is 2.47 bits per heavy atom. The van der Waals surface area contributed by atoms with E-state index in [0.29, 0.717) is 0 Å². The first kappa shape index (κ1) is 13.7. The molecule has 2 fully saturated rings. The van der Waals surface area contributed by atoms with E-state index in [1.807, 2.05) is 0 Å². The molecule has 0 unspecified atom stereocenters. The number of unbranched alkanes of at least 4 members (excludes halogenated alkanes) is 2. The molecule has 1 N–H and O–H groups in total. The number of nitrogens with zero attached hydrogens (tertiary/aromatic N) is 1. The van der Waals surface area contributed by atoms with Gasteiger partial charge in [-0.1, -0.05) is 6.42 Å². The lowest BCUT2D eigenvalue weighted by atomic mass is 10.1. The highest BCUT2D eigenvalue weighted by Gasteiger charge is 2.19. The maximum atomic E-state index is 3.59. The van der Waals surface area contributed by atoms with Gasteiger partial charge in [-0.2, -0.15) is 11.8 Å². The van der Waals surface area contributed by atoms with E-state index in [4.69, 9.17) is 0 Å². The molecule has 2 aliphatic rings. The summed E-state index contributed by atoms with van der Waals surface area (Å²) in [6.45, 7) is 5.27. The second-order valence-corrected chi connectivity index (χ2v) is 6.70. The van der Waals surface area contributed by atoms with Gasteiger partial charge in [0.2, 0.25) is 0 Å². The molecule has 1 aliphatic carbocycles. The quantitative estimate of drug-likeness (QED) is 0.672. The molecule has 0 radical (unpaired) electrons. The summed E-state index contributed by atoms with van der Waals surface area (Å²) in [4.78, 5) is 2.67. The Morgan fingerprint density at radius 2 is 1.82 bits per heavy atom. The van der Waals surface area contributed by atoms with Crippen molar-refractivity contribution in [3.8, 4) is 0 Å². The normalized spacial score (nSPS) is 23.1. The van der Waals surface area contributed by atoms with Gasteiger partial charge in [-0.3, -0.25) is 0 Å². The van der Waals surface area contributed by atoms with Crippen molar-refractivity contribution in [1.82, 2.24) is 10.2 Å². The van der Waals surface area contributed by atoms with Crippen molar-refractivity contribution in [2.45, 2.75) is 56.2 Å². The monoisotopic (exact) mass is 256 g/mol. The molecular weight excluding hydrogens is 228 g/mol. The summed E-state index contributed by atoms with van der Waals surface area (Å²) in [5, 5.41) is 4.53. The maximum absolute atomic E-state index is 3.59. The minimum Gasteiger partial charge on any atom is -0.314 e. The van der Waals surface area contributed by atoms with Crippen LogP contribution in [0.25, 0.3) is 0 Å². The summed E-state index contributed by atoms with van der Waals surface area (Å²) < 4.78 is 0. The zero-order valence-electron chi connectivity index (χ0n) is 11.3. The largest absolute Gasteiger partial charge is 0.314 e. The molecule has 1 heterocycles. The van der Waals surface area contributed by atoms with Gasteiger partial charge in [0.15, 0.2) is 0 Å². The summed E-state index contributed by atoms with van der Waals surface area (Å²) >= 11 is 2.06. The summed E-state index contributed by atoms with van der Waals surface area (Å²) in [5.74, 6) is 0. The zero-order valence-corrected chi connectivity index (χ0v) is 12.1. The second-order valence-electron chi connectivity index (χ2n) is 5.57. The van der Waals surface area contributed by atoms with Crippen molar-refractivity contribution >= 4 is 11.8 Å². The summed E-state index contributed by atoms with van der Waals surface area (Å²) in [6.07, 6.45) is 12.1. The first-order valence-electron chi connectivity index (χ1n) is 7.37. The van der Waals surface area contributed by atoms with Gasteiger partial charge in [0, 0.05) is 11.3 Å². The fraction of sp³-hybridized carbons (Fsp3) is 1.00. The Hall–Kier alpha value is 0.270. The molecule has 0 aromatic carbocycles. The van der Waals surface area contributed by atoms with Crippen molar-refractivity contribution in [1.29, 1.82) is 0 Å². The number of rotatable bonds is 8. The molecular formula is C14H28N2S. The maximum Gasteiger partial charge on any atom is 0.00685 e. The predicted molar refractivity (Wildman–Crippen MR) is 77.9 cm³/mol. The van der Waals surface area contributed by atoms with Crippen LogP contribution in [0, 0.1) is 0 Å². The van der Waals surface area contributed by atoms with Crippen LogP contribution in [0.4, 0.5) is 0 Å². The van der Waals surface area contributed by atoms with Gasteiger partial charge in [0.05, 0.1) is 0 Å². The molecule has 1 aliphatic heterocycles. The molecule has 0 amide bonds. The van der Waals surface area contributed by atoms with Crippen LogP contribution in [-0.4, -0.2) is 48.6 Å². The van der Waals surface area contributed by atoms with Crippen LogP contribution in [0.3, 0.4) is 0 Å². The molecule has 17 heavy (non-hydrogen) atoms. The average Bonchev–Trinajstić information content (AvgIpc) is 3.18. The minimum absolute atomic E-state index is 0.889. The van der Waals surface area contributed by atoms with E-state index in [1.54, 1.807) is 0 Å². The Kier molecular flexibility index (Phi) is 6.16. The number of piperidine rings is 1. The van der Waals surface area contributed by atoms with Crippen LogP contribution in [0.2, 0.25) is 0 Å². The average molecular weight is 256 g/mol. The highest BCUT2D eigenvalue weighted by atomic mass is 32.2. The Labute approximate surface area is 111 Å². The number of hydrogen-bond acceptors (Lipinski definition) is 3. The third kappa shape index (κ3) is 5.62. The van der Waals surface area contributed by atoms with Gasteiger partial charge in [0.1, 0.15) is 0 Å². The van der Waals surface area contributed by atoms with Crippen LogP contribution in [0.5, 0.6) is 0 Å². The molecule has 0 bridgehead atoms. The van der Waals surface area contributed by atoms with Gasteiger partial charge < -0.3 is 10.2 Å². The van der Waals surface area contributed by atoms with Crippen molar-refractivity contribution in [2.75, 3.05) is 32.4 Å². The fourth-order valence-corrected chi connectivity index (χ4v) is 3.28. The molecule has 0 aromatic rings. The van der Waals surface area contributed by atoms with Crippen LogP contribution in [0.15, 0.2) is 0 Å². The Bertz CT molecular complexity index is 198. The Balaban J connectivity index is 1.40. The summed E-state index contributed by atoms with van der Waals surface area (Å²) in [6, 6.07) is 0.889. The topological polar surface area (TPSA) is 15.3 Å². The molecule has 1 saturated heterocycles. The number of thioether (sulfide) groups is 1. The minimum atomic E-state index is 0.889. The van der Waals surface area contributed by atoms with Gasteiger partial charge in [0.25, 0.3) is 0 Å². The van der Waals surface area contributed by atoms with Crippen molar-refractivity contribution in [3.63, 3.8) is 0 Å². The smallest absolute Gasteiger partial charge is 0.00685 e. The molecule has 2 nitrogen and oxygen atoms in total. The SMILES string of the molecule is CSC1CCN(CCCCCNC2CC2)CC1. The van der Waals surface area contributed by atoms with Gasteiger partial charge >= 0.3 is 0 Å². The van der Waals surface area contributed by atoms with Gasteiger partial charge in [-0.15, -0.1) is 0 Å².